The fourth-order valence-corrected chi connectivity index (χ4v) is 3.67. The van der Waals surface area contributed by atoms with Gasteiger partial charge in [-0.25, -0.2) is 4.39 Å². The second kappa shape index (κ2) is 8.44. The minimum absolute atomic E-state index is 0.171. The molecule has 7 nitrogen and oxygen atoms in total. The maximum Gasteiger partial charge on any atom is 0.259 e. The number of aromatic nitrogens is 3. The van der Waals surface area contributed by atoms with E-state index in [1.165, 1.54) is 18.5 Å². The molecule has 3 heterocycles. The molecule has 0 bridgehead atoms. The predicted molar refractivity (Wildman–Crippen MR) is 110 cm³/mol. The zero-order valence-electron chi connectivity index (χ0n) is 16.6. The Bertz CT molecular complexity index is 1060. The Morgan fingerprint density at radius 3 is 2.83 bits per heavy atom. The summed E-state index contributed by atoms with van der Waals surface area (Å²) in [6.45, 7) is 2.90. The molecular weight excluding hydrogens is 385 g/mol. The number of para-hydroxylation sites is 1. The van der Waals surface area contributed by atoms with Crippen molar-refractivity contribution in [3.8, 4) is 0 Å². The summed E-state index contributed by atoms with van der Waals surface area (Å²) in [6, 6.07) is 8.10. The Balaban J connectivity index is 1.43. The van der Waals surface area contributed by atoms with E-state index in [4.69, 9.17) is 0 Å². The molecule has 2 amide bonds. The number of halogens is 1. The van der Waals surface area contributed by atoms with Crippen molar-refractivity contribution in [3.05, 3.63) is 77.1 Å². The highest BCUT2D eigenvalue weighted by molar-refractivity contribution is 6.05. The quantitative estimate of drug-likeness (QED) is 0.681. The van der Waals surface area contributed by atoms with E-state index in [2.05, 4.69) is 20.7 Å². The number of anilines is 1. The molecule has 4 rings (SSSR count). The average molecular weight is 407 g/mol. The second-order valence-corrected chi connectivity index (χ2v) is 7.42. The average Bonchev–Trinajstić information content (AvgIpc) is 3.18. The van der Waals surface area contributed by atoms with Gasteiger partial charge in [0.1, 0.15) is 5.82 Å². The molecule has 1 aliphatic rings. The van der Waals surface area contributed by atoms with Crippen LogP contribution in [0.15, 0.2) is 48.9 Å². The van der Waals surface area contributed by atoms with E-state index in [1.807, 2.05) is 4.68 Å². The molecule has 0 saturated carbocycles. The molecule has 0 unspecified atom stereocenters. The van der Waals surface area contributed by atoms with Crippen molar-refractivity contribution in [3.63, 3.8) is 0 Å². The number of rotatable bonds is 5. The second-order valence-electron chi connectivity index (χ2n) is 7.42. The van der Waals surface area contributed by atoms with Gasteiger partial charge in [0.25, 0.3) is 11.8 Å². The monoisotopic (exact) mass is 407 g/mol. The summed E-state index contributed by atoms with van der Waals surface area (Å²) < 4.78 is 15.9. The third-order valence-corrected chi connectivity index (χ3v) is 5.36. The molecule has 1 aromatic carbocycles. The van der Waals surface area contributed by atoms with E-state index < -0.39 is 5.82 Å². The summed E-state index contributed by atoms with van der Waals surface area (Å²) in [5.74, 6) is -0.850. The summed E-state index contributed by atoms with van der Waals surface area (Å²) in [4.78, 5) is 29.0. The molecule has 30 heavy (non-hydrogen) atoms. The van der Waals surface area contributed by atoms with Gasteiger partial charge in [0.2, 0.25) is 0 Å². The van der Waals surface area contributed by atoms with Crippen LogP contribution in [0.25, 0.3) is 0 Å². The van der Waals surface area contributed by atoms with Crippen molar-refractivity contribution in [2.75, 3.05) is 11.9 Å². The van der Waals surface area contributed by atoms with Crippen molar-refractivity contribution >= 4 is 17.5 Å². The van der Waals surface area contributed by atoms with Crippen LogP contribution < -0.4 is 10.6 Å². The number of fused-ring (bicyclic) bond motifs is 1. The number of nitrogens with zero attached hydrogens (tertiary/aromatic N) is 3. The van der Waals surface area contributed by atoms with Gasteiger partial charge in [-0.05, 0) is 49.4 Å². The van der Waals surface area contributed by atoms with Crippen LogP contribution in [0.4, 0.5) is 10.1 Å². The molecule has 0 fully saturated rings. The molecule has 0 saturated heterocycles. The third kappa shape index (κ3) is 4.07. The predicted octanol–water partition coefficient (Wildman–Crippen LogP) is 2.97. The number of aryl methyl sites for hydroxylation is 2. The first-order valence-electron chi connectivity index (χ1n) is 9.82. The molecule has 2 aromatic heterocycles. The molecule has 0 radical (unpaired) electrons. The Hall–Kier alpha value is -3.55. The van der Waals surface area contributed by atoms with Crippen LogP contribution in [-0.2, 0) is 13.0 Å². The van der Waals surface area contributed by atoms with Crippen LogP contribution in [0, 0.1) is 18.7 Å². The number of hydrogen-bond acceptors (Lipinski definition) is 4. The van der Waals surface area contributed by atoms with Gasteiger partial charge < -0.3 is 10.6 Å². The maximum absolute atomic E-state index is 14.1. The molecule has 1 atom stereocenters. The smallest absolute Gasteiger partial charge is 0.259 e. The lowest BCUT2D eigenvalue weighted by atomic mass is 9.94. The molecule has 0 spiro atoms. The Morgan fingerprint density at radius 2 is 2.07 bits per heavy atom. The third-order valence-electron chi connectivity index (χ3n) is 5.36. The number of benzene rings is 1. The normalized spacial score (nSPS) is 15.3. The summed E-state index contributed by atoms with van der Waals surface area (Å²) in [5.41, 5.74) is 2.58. The lowest BCUT2D eigenvalue weighted by Crippen LogP contribution is -2.33. The lowest BCUT2D eigenvalue weighted by Gasteiger charge is -2.24. The number of pyridine rings is 1. The molecule has 154 valence electrons. The highest BCUT2D eigenvalue weighted by Gasteiger charge is 2.26. The number of carbonyl (C=O) groups is 2. The van der Waals surface area contributed by atoms with Crippen molar-refractivity contribution in [1.29, 1.82) is 0 Å². The van der Waals surface area contributed by atoms with Gasteiger partial charge in [0, 0.05) is 25.5 Å². The molecule has 1 aliphatic heterocycles. The van der Waals surface area contributed by atoms with E-state index in [9.17, 15) is 14.0 Å². The van der Waals surface area contributed by atoms with Crippen LogP contribution in [0.2, 0.25) is 0 Å². The fraction of sp³-hybridized carbons (Fsp3) is 0.273. The van der Waals surface area contributed by atoms with Crippen molar-refractivity contribution in [2.45, 2.75) is 26.3 Å². The first-order valence-corrected chi connectivity index (χ1v) is 9.82. The van der Waals surface area contributed by atoms with Gasteiger partial charge in [0.05, 0.1) is 28.7 Å². The molecular formula is C22H22FN5O2. The zero-order valence-corrected chi connectivity index (χ0v) is 16.6. The van der Waals surface area contributed by atoms with Gasteiger partial charge in [-0.3, -0.25) is 19.3 Å². The first kappa shape index (κ1) is 19.8. The highest BCUT2D eigenvalue weighted by atomic mass is 19.1. The van der Waals surface area contributed by atoms with Gasteiger partial charge in [-0.1, -0.05) is 12.1 Å². The van der Waals surface area contributed by atoms with Gasteiger partial charge in [0.15, 0.2) is 0 Å². The van der Waals surface area contributed by atoms with E-state index in [0.717, 1.165) is 12.1 Å². The summed E-state index contributed by atoms with van der Waals surface area (Å²) in [5, 5.41) is 9.92. The Kier molecular flexibility index (Phi) is 5.56. The molecule has 2 N–H and O–H groups in total. The van der Waals surface area contributed by atoms with Gasteiger partial charge in [-0.2, -0.15) is 5.10 Å². The highest BCUT2D eigenvalue weighted by Crippen LogP contribution is 2.25. The van der Waals surface area contributed by atoms with Gasteiger partial charge in [-0.15, -0.1) is 0 Å². The van der Waals surface area contributed by atoms with Crippen LogP contribution >= 0.6 is 0 Å². The lowest BCUT2D eigenvalue weighted by molar-refractivity contribution is 0.0942. The summed E-state index contributed by atoms with van der Waals surface area (Å²) >= 11 is 0. The Morgan fingerprint density at radius 1 is 1.20 bits per heavy atom. The zero-order chi connectivity index (χ0) is 21.1. The maximum atomic E-state index is 14.1. The van der Waals surface area contributed by atoms with Crippen molar-refractivity contribution < 1.29 is 14.0 Å². The SMILES string of the molecule is Cc1cccc(F)c1NC(=O)c1cnn2c1C[C@@H](CNC(=O)c1cccnc1)CC2. The van der Waals surface area contributed by atoms with E-state index >= 15 is 0 Å². The molecule has 8 heteroatoms. The number of carbonyl (C=O) groups excluding carboxylic acids is 2. The number of hydrogen-bond donors (Lipinski definition) is 2. The largest absolute Gasteiger partial charge is 0.352 e. The Labute approximate surface area is 173 Å². The van der Waals surface area contributed by atoms with Gasteiger partial charge >= 0.3 is 0 Å². The van der Waals surface area contributed by atoms with E-state index in [0.29, 0.717) is 36.2 Å². The minimum Gasteiger partial charge on any atom is -0.352 e. The number of amides is 2. The van der Waals surface area contributed by atoms with Crippen molar-refractivity contribution in [1.82, 2.24) is 20.1 Å². The first-order chi connectivity index (χ1) is 14.5. The van der Waals surface area contributed by atoms with Crippen LogP contribution in [0.1, 0.15) is 38.4 Å². The molecule has 0 aliphatic carbocycles. The number of nitrogens with one attached hydrogen (secondary N) is 2. The standard InChI is InChI=1S/C22H22FN5O2/c1-14-4-2-6-18(23)20(14)27-22(30)17-13-26-28-9-7-15(10-19(17)28)11-25-21(29)16-5-3-8-24-12-16/h2-6,8,12-13,15H,7,9-11H2,1H3,(H,25,29)(H,27,30)/t15-/m0/s1. The van der Waals surface area contributed by atoms with E-state index in [1.54, 1.807) is 37.4 Å². The van der Waals surface area contributed by atoms with Crippen LogP contribution in [0.5, 0.6) is 0 Å². The summed E-state index contributed by atoms with van der Waals surface area (Å²) in [6.07, 6.45) is 6.12. The fourth-order valence-electron chi connectivity index (χ4n) is 3.67. The van der Waals surface area contributed by atoms with Crippen LogP contribution in [0.3, 0.4) is 0 Å². The van der Waals surface area contributed by atoms with E-state index in [-0.39, 0.29) is 23.4 Å². The minimum atomic E-state index is -0.472. The molecule has 3 aromatic rings. The van der Waals surface area contributed by atoms with Crippen LogP contribution in [-0.4, -0.2) is 33.1 Å². The summed E-state index contributed by atoms with van der Waals surface area (Å²) in [7, 11) is 0. The van der Waals surface area contributed by atoms with Crippen molar-refractivity contribution in [2.24, 2.45) is 5.92 Å². The topological polar surface area (TPSA) is 88.9 Å².